The van der Waals surface area contributed by atoms with E-state index in [2.05, 4.69) is 32.4 Å². The molecule has 0 spiro atoms. The van der Waals surface area contributed by atoms with Crippen LogP contribution in [0, 0.1) is 22.9 Å². The fourth-order valence-electron chi connectivity index (χ4n) is 4.53. The first kappa shape index (κ1) is 26.7. The first-order valence-electron chi connectivity index (χ1n) is 12.6. The normalized spacial score (nSPS) is 14.1. The van der Waals surface area contributed by atoms with E-state index in [-0.39, 0.29) is 34.3 Å². The Balaban J connectivity index is 1.43. The van der Waals surface area contributed by atoms with Gasteiger partial charge in [-0.15, -0.1) is 0 Å². The summed E-state index contributed by atoms with van der Waals surface area (Å²) in [6.07, 6.45) is 5.30. The van der Waals surface area contributed by atoms with E-state index in [0.29, 0.717) is 17.8 Å². The number of hydrogen-bond acceptors (Lipinski definition) is 7. The highest BCUT2D eigenvalue weighted by molar-refractivity contribution is 6.34. The number of aryl methyl sites for hydroxylation is 1. The number of rotatable bonds is 8. The maximum absolute atomic E-state index is 14.6. The smallest absolute Gasteiger partial charge is 0.324 e. The lowest BCUT2D eigenvalue weighted by Crippen LogP contribution is -2.43. The Morgan fingerprint density at radius 3 is 2.49 bits per heavy atom. The highest BCUT2D eigenvalue weighted by Gasteiger charge is 2.38. The van der Waals surface area contributed by atoms with Crippen LogP contribution in [0.15, 0.2) is 46.4 Å². The third-order valence-electron chi connectivity index (χ3n) is 7.13. The lowest BCUT2D eigenvalue weighted by Gasteiger charge is -2.17. The number of nitrogens with zero attached hydrogens (tertiary/aromatic N) is 8. The Bertz CT molecular complexity index is 1940. The first-order valence-corrected chi connectivity index (χ1v) is 13.0. The van der Waals surface area contributed by atoms with Gasteiger partial charge < -0.3 is 5.32 Å². The molecule has 6 rings (SSSR count). The van der Waals surface area contributed by atoms with Gasteiger partial charge in [0.2, 0.25) is 5.95 Å². The van der Waals surface area contributed by atoms with E-state index < -0.39 is 35.4 Å². The summed E-state index contributed by atoms with van der Waals surface area (Å²) in [6.45, 7) is 2.02. The molecule has 3 heterocycles. The predicted octanol–water partition coefficient (Wildman–Crippen LogP) is 3.59. The molecule has 1 aliphatic rings. The van der Waals surface area contributed by atoms with Gasteiger partial charge in [0, 0.05) is 30.6 Å². The number of halogens is 4. The topological polar surface area (TPSA) is 117 Å². The van der Waals surface area contributed by atoms with Crippen LogP contribution in [0.3, 0.4) is 0 Å². The van der Waals surface area contributed by atoms with Gasteiger partial charge in [0.05, 0.1) is 35.5 Å². The minimum Gasteiger partial charge on any atom is -0.324 e. The second-order valence-corrected chi connectivity index (χ2v) is 10.9. The van der Waals surface area contributed by atoms with Gasteiger partial charge in [0.25, 0.3) is 0 Å². The highest BCUT2D eigenvalue weighted by atomic mass is 35.5. The van der Waals surface area contributed by atoms with E-state index in [4.69, 9.17) is 11.6 Å². The molecule has 0 amide bonds. The zero-order chi connectivity index (χ0) is 29.1. The van der Waals surface area contributed by atoms with Crippen LogP contribution in [-0.2, 0) is 26.7 Å². The number of aromatic nitrogens is 8. The maximum atomic E-state index is 14.6. The molecule has 0 saturated heterocycles. The standard InChI is InChI=1S/C26H23ClF3N9O2/c1-26(3-4-26)12-39-21-7-16(27)20(6-14(21)9-32-39)33-23-34-24(40)38(11-22-31-13-36(2)35-22)25(41)37(23)10-15-5-18(29)19(30)8-17(15)28/h5-9,13H,3-4,10-12H2,1-2H3,(H,33,34,40). The van der Waals surface area contributed by atoms with Gasteiger partial charge in [-0.1, -0.05) is 18.5 Å². The first-order chi connectivity index (χ1) is 19.5. The summed E-state index contributed by atoms with van der Waals surface area (Å²) in [5.74, 6) is -3.88. The minimum absolute atomic E-state index is 0.158. The predicted molar refractivity (Wildman–Crippen MR) is 144 cm³/mol. The molecule has 1 fully saturated rings. The van der Waals surface area contributed by atoms with E-state index in [1.54, 1.807) is 25.4 Å². The Morgan fingerprint density at radius 2 is 1.78 bits per heavy atom. The lowest BCUT2D eigenvalue weighted by molar-refractivity contribution is 0.442. The van der Waals surface area contributed by atoms with Crippen molar-refractivity contribution in [2.45, 2.75) is 39.4 Å². The number of benzene rings is 2. The number of nitrogens with one attached hydrogen (secondary N) is 1. The van der Waals surface area contributed by atoms with Gasteiger partial charge in [-0.3, -0.25) is 13.9 Å². The summed E-state index contributed by atoms with van der Waals surface area (Å²) >= 11 is 6.59. The molecule has 11 nitrogen and oxygen atoms in total. The molecule has 1 aliphatic carbocycles. The van der Waals surface area contributed by atoms with E-state index in [1.165, 1.54) is 11.0 Å². The van der Waals surface area contributed by atoms with Crippen molar-refractivity contribution >= 4 is 34.1 Å². The lowest BCUT2D eigenvalue weighted by atomic mass is 10.1. The quantitative estimate of drug-likeness (QED) is 0.277. The summed E-state index contributed by atoms with van der Waals surface area (Å²) in [5, 5.41) is 12.4. The van der Waals surface area contributed by atoms with Crippen molar-refractivity contribution in [1.82, 2.24) is 38.7 Å². The molecule has 0 radical (unpaired) electrons. The van der Waals surface area contributed by atoms with Crippen LogP contribution in [0.4, 0.5) is 24.8 Å². The molecule has 1 N–H and O–H groups in total. The van der Waals surface area contributed by atoms with Gasteiger partial charge in [0.15, 0.2) is 17.5 Å². The van der Waals surface area contributed by atoms with Crippen molar-refractivity contribution in [2.24, 2.45) is 12.5 Å². The Kier molecular flexibility index (Phi) is 6.44. The summed E-state index contributed by atoms with van der Waals surface area (Å²) in [7, 11) is 1.62. The molecule has 1 saturated carbocycles. The van der Waals surface area contributed by atoms with Crippen molar-refractivity contribution < 1.29 is 13.2 Å². The Hall–Kier alpha value is -4.46. The maximum Gasteiger partial charge on any atom is 0.355 e. The van der Waals surface area contributed by atoms with Crippen molar-refractivity contribution in [3.05, 3.63) is 91.6 Å². The van der Waals surface area contributed by atoms with Crippen LogP contribution in [0.25, 0.3) is 10.9 Å². The molecule has 3 aromatic heterocycles. The molecule has 0 unspecified atom stereocenters. The van der Waals surface area contributed by atoms with E-state index in [9.17, 15) is 22.8 Å². The zero-order valence-electron chi connectivity index (χ0n) is 21.9. The van der Waals surface area contributed by atoms with Gasteiger partial charge in [-0.2, -0.15) is 15.2 Å². The number of hydrogen-bond donors (Lipinski definition) is 1. The average Bonchev–Trinajstić information content (AvgIpc) is 3.30. The summed E-state index contributed by atoms with van der Waals surface area (Å²) < 4.78 is 47.1. The second-order valence-electron chi connectivity index (χ2n) is 10.5. The van der Waals surface area contributed by atoms with Crippen molar-refractivity contribution in [2.75, 3.05) is 5.32 Å². The summed E-state index contributed by atoms with van der Waals surface area (Å²) in [4.78, 5) is 34.6. The molecule has 41 heavy (non-hydrogen) atoms. The van der Waals surface area contributed by atoms with E-state index >= 15 is 0 Å². The molecular formula is C26H23ClF3N9O2. The summed E-state index contributed by atoms with van der Waals surface area (Å²) in [6, 6.07) is 4.43. The molecule has 212 valence electrons. The average molecular weight is 586 g/mol. The van der Waals surface area contributed by atoms with E-state index in [1.807, 2.05) is 4.68 Å². The minimum atomic E-state index is -1.38. The third kappa shape index (κ3) is 5.22. The molecule has 0 bridgehead atoms. The van der Waals surface area contributed by atoms with Gasteiger partial charge in [-0.25, -0.2) is 32.3 Å². The highest BCUT2D eigenvalue weighted by Crippen LogP contribution is 2.46. The summed E-state index contributed by atoms with van der Waals surface area (Å²) in [5.41, 5.74) is -0.881. The van der Waals surface area contributed by atoms with Crippen molar-refractivity contribution in [3.8, 4) is 0 Å². The van der Waals surface area contributed by atoms with Crippen molar-refractivity contribution in [1.29, 1.82) is 0 Å². The van der Waals surface area contributed by atoms with Gasteiger partial charge in [0.1, 0.15) is 12.1 Å². The largest absolute Gasteiger partial charge is 0.355 e. The fraction of sp³-hybridized carbons (Fsp3) is 0.308. The van der Waals surface area contributed by atoms with Crippen molar-refractivity contribution in [3.63, 3.8) is 0 Å². The van der Waals surface area contributed by atoms with Crippen LogP contribution in [0.1, 0.15) is 31.2 Å². The van der Waals surface area contributed by atoms with Crippen LogP contribution < -0.4 is 16.7 Å². The van der Waals surface area contributed by atoms with Crippen LogP contribution in [-0.4, -0.2) is 38.7 Å². The zero-order valence-corrected chi connectivity index (χ0v) is 22.7. The molecular weight excluding hydrogens is 563 g/mol. The third-order valence-corrected chi connectivity index (χ3v) is 7.44. The molecule has 0 atom stereocenters. The Labute approximate surface area is 234 Å². The number of anilines is 2. The van der Waals surface area contributed by atoms with Crippen LogP contribution in [0.5, 0.6) is 0 Å². The van der Waals surface area contributed by atoms with Gasteiger partial charge >= 0.3 is 11.4 Å². The number of fused-ring (bicyclic) bond motifs is 1. The SMILES string of the molecule is Cn1cnc(Cn2c(=O)nc(Nc3cc4cnn(CC5(C)CC5)c4cc3Cl)n(Cc3cc(F)c(F)cc3F)c2=O)n1. The van der Waals surface area contributed by atoms with Crippen LogP contribution >= 0.6 is 11.6 Å². The van der Waals surface area contributed by atoms with Gasteiger partial charge in [-0.05, 0) is 36.5 Å². The fourth-order valence-corrected chi connectivity index (χ4v) is 4.74. The molecule has 0 aliphatic heterocycles. The second kappa shape index (κ2) is 9.87. The Morgan fingerprint density at radius 1 is 1.02 bits per heavy atom. The molecule has 5 aromatic rings. The molecule has 2 aromatic carbocycles. The van der Waals surface area contributed by atoms with Crippen LogP contribution in [0.2, 0.25) is 5.02 Å². The molecule has 15 heteroatoms. The monoisotopic (exact) mass is 585 g/mol. The van der Waals surface area contributed by atoms with E-state index in [0.717, 1.165) is 39.4 Å².